The van der Waals surface area contributed by atoms with Gasteiger partial charge in [-0.05, 0) is 36.7 Å². The van der Waals surface area contributed by atoms with Crippen LogP contribution in [0.1, 0.15) is 45.7 Å². The van der Waals surface area contributed by atoms with Crippen LogP contribution in [-0.2, 0) is 0 Å². The Kier molecular flexibility index (Phi) is 4.91. The number of hydrogen-bond donors (Lipinski definition) is 1. The van der Waals surface area contributed by atoms with Crippen molar-refractivity contribution in [2.45, 2.75) is 46.1 Å². The van der Waals surface area contributed by atoms with Gasteiger partial charge in [0.05, 0.1) is 0 Å². The van der Waals surface area contributed by atoms with Crippen molar-refractivity contribution in [3.8, 4) is 6.01 Å². The summed E-state index contributed by atoms with van der Waals surface area (Å²) in [5.74, 6) is 1.85. The van der Waals surface area contributed by atoms with Crippen LogP contribution in [0.2, 0.25) is 0 Å². The predicted molar refractivity (Wildman–Crippen MR) is 83.7 cm³/mol. The minimum Gasteiger partial charge on any atom is -0.460 e. The molecule has 0 aromatic carbocycles. The Morgan fingerprint density at radius 3 is 2.85 bits per heavy atom. The van der Waals surface area contributed by atoms with Gasteiger partial charge in [-0.3, -0.25) is 0 Å². The van der Waals surface area contributed by atoms with E-state index < -0.39 is 0 Å². The molecular weight excluding hydrogens is 270 g/mol. The van der Waals surface area contributed by atoms with Crippen molar-refractivity contribution in [3.63, 3.8) is 0 Å². The number of nitrogens with two attached hydrogens (primary N) is 1. The van der Waals surface area contributed by atoms with Crippen molar-refractivity contribution >= 4 is 17.2 Å². The molecule has 2 N–H and O–H groups in total. The SMILES string of the molecule is CC1CCC(C(C)C)C(Oc2nccc(C(N)=S)n2)C1. The van der Waals surface area contributed by atoms with Gasteiger partial charge >= 0.3 is 6.01 Å². The summed E-state index contributed by atoms with van der Waals surface area (Å²) in [4.78, 5) is 8.74. The number of aromatic nitrogens is 2. The van der Waals surface area contributed by atoms with Crippen LogP contribution in [0.3, 0.4) is 0 Å². The lowest BCUT2D eigenvalue weighted by atomic mass is 9.75. The van der Waals surface area contributed by atoms with E-state index in [0.717, 1.165) is 6.42 Å². The topological polar surface area (TPSA) is 61.0 Å². The van der Waals surface area contributed by atoms with Gasteiger partial charge in [0.15, 0.2) is 0 Å². The first-order chi connectivity index (χ1) is 9.47. The van der Waals surface area contributed by atoms with Crippen LogP contribution < -0.4 is 10.5 Å². The third kappa shape index (κ3) is 3.66. The minimum absolute atomic E-state index is 0.181. The van der Waals surface area contributed by atoms with Gasteiger partial charge in [0.25, 0.3) is 0 Å². The highest BCUT2D eigenvalue weighted by atomic mass is 32.1. The molecule has 1 aliphatic carbocycles. The molecule has 4 nitrogen and oxygen atoms in total. The Balaban J connectivity index is 2.13. The molecule has 3 unspecified atom stereocenters. The lowest BCUT2D eigenvalue weighted by molar-refractivity contribution is 0.0389. The van der Waals surface area contributed by atoms with Gasteiger partial charge < -0.3 is 10.5 Å². The molecular formula is C15H23N3OS. The van der Waals surface area contributed by atoms with Crippen molar-refractivity contribution in [2.24, 2.45) is 23.5 Å². The van der Waals surface area contributed by atoms with Crippen molar-refractivity contribution < 1.29 is 4.74 Å². The Morgan fingerprint density at radius 2 is 2.20 bits per heavy atom. The van der Waals surface area contributed by atoms with E-state index in [1.807, 2.05) is 0 Å². The Bertz CT molecular complexity index is 478. The zero-order chi connectivity index (χ0) is 14.7. The summed E-state index contributed by atoms with van der Waals surface area (Å²) in [6.07, 6.45) is 5.37. The quantitative estimate of drug-likeness (QED) is 0.865. The highest BCUT2D eigenvalue weighted by Gasteiger charge is 2.32. The van der Waals surface area contributed by atoms with Crippen LogP contribution in [0.25, 0.3) is 0 Å². The summed E-state index contributed by atoms with van der Waals surface area (Å²) >= 11 is 4.94. The number of ether oxygens (including phenoxy) is 1. The zero-order valence-electron chi connectivity index (χ0n) is 12.4. The predicted octanol–water partition coefficient (Wildman–Crippen LogP) is 2.95. The number of rotatable bonds is 4. The fourth-order valence-electron chi connectivity index (χ4n) is 2.92. The molecule has 1 aliphatic rings. The van der Waals surface area contributed by atoms with E-state index in [1.54, 1.807) is 12.3 Å². The molecule has 1 fully saturated rings. The maximum absolute atomic E-state index is 6.05. The Morgan fingerprint density at radius 1 is 1.45 bits per heavy atom. The van der Waals surface area contributed by atoms with Crippen LogP contribution >= 0.6 is 12.2 Å². The molecule has 1 heterocycles. The van der Waals surface area contributed by atoms with Gasteiger partial charge in [0, 0.05) is 6.20 Å². The molecule has 0 amide bonds. The summed E-state index contributed by atoms with van der Waals surface area (Å²) in [6.45, 7) is 6.78. The van der Waals surface area contributed by atoms with Crippen molar-refractivity contribution in [1.82, 2.24) is 9.97 Å². The van der Waals surface area contributed by atoms with E-state index >= 15 is 0 Å². The molecule has 5 heteroatoms. The molecule has 0 aliphatic heterocycles. The van der Waals surface area contributed by atoms with Crippen molar-refractivity contribution in [3.05, 3.63) is 18.0 Å². The van der Waals surface area contributed by atoms with Crippen molar-refractivity contribution in [1.29, 1.82) is 0 Å². The minimum atomic E-state index is 0.181. The van der Waals surface area contributed by atoms with Gasteiger partial charge in [0.2, 0.25) is 0 Å². The fourth-order valence-corrected chi connectivity index (χ4v) is 3.03. The molecule has 110 valence electrons. The van der Waals surface area contributed by atoms with Gasteiger partial charge in [-0.25, -0.2) is 4.98 Å². The van der Waals surface area contributed by atoms with Gasteiger partial charge in [0.1, 0.15) is 16.8 Å². The summed E-state index contributed by atoms with van der Waals surface area (Å²) in [5, 5.41) is 0. The number of nitrogens with zero attached hydrogens (tertiary/aromatic N) is 2. The summed E-state index contributed by atoms with van der Waals surface area (Å²) in [6, 6.07) is 2.10. The molecule has 20 heavy (non-hydrogen) atoms. The second kappa shape index (κ2) is 6.48. The van der Waals surface area contributed by atoms with E-state index in [4.69, 9.17) is 22.7 Å². The van der Waals surface area contributed by atoms with Crippen molar-refractivity contribution in [2.75, 3.05) is 0 Å². The second-order valence-electron chi connectivity index (χ2n) is 6.07. The fraction of sp³-hybridized carbons (Fsp3) is 0.667. The highest BCUT2D eigenvalue weighted by molar-refractivity contribution is 7.80. The zero-order valence-corrected chi connectivity index (χ0v) is 13.2. The van der Waals surface area contributed by atoms with Gasteiger partial charge in [-0.15, -0.1) is 0 Å². The van der Waals surface area contributed by atoms with Crippen LogP contribution in [0.5, 0.6) is 6.01 Å². The molecule has 3 atom stereocenters. The van der Waals surface area contributed by atoms with Crippen LogP contribution in [0.4, 0.5) is 0 Å². The third-order valence-corrected chi connectivity index (χ3v) is 4.31. The first kappa shape index (κ1) is 15.2. The highest BCUT2D eigenvalue weighted by Crippen LogP contribution is 2.35. The summed E-state index contributed by atoms with van der Waals surface area (Å²) in [7, 11) is 0. The van der Waals surface area contributed by atoms with Gasteiger partial charge in [-0.1, -0.05) is 39.4 Å². The normalized spacial score (nSPS) is 26.5. The number of thiocarbonyl (C=S) groups is 1. The Labute approximate surface area is 126 Å². The molecule has 0 bridgehead atoms. The number of hydrogen-bond acceptors (Lipinski definition) is 4. The molecule has 1 aromatic rings. The lowest BCUT2D eigenvalue weighted by Crippen LogP contribution is -2.36. The standard InChI is InChI=1S/C15H23N3OS/c1-9(2)11-5-4-10(3)8-13(11)19-15-17-7-6-12(18-15)14(16)20/h6-7,9-11,13H,4-5,8H2,1-3H3,(H2,16,20). The van der Waals surface area contributed by atoms with E-state index in [-0.39, 0.29) is 11.1 Å². The third-order valence-electron chi connectivity index (χ3n) is 4.10. The van der Waals surface area contributed by atoms with E-state index in [0.29, 0.717) is 29.5 Å². The molecule has 0 spiro atoms. The maximum atomic E-state index is 6.05. The average molecular weight is 293 g/mol. The molecule has 2 rings (SSSR count). The first-order valence-corrected chi connectivity index (χ1v) is 7.67. The van der Waals surface area contributed by atoms with Crippen LogP contribution in [0, 0.1) is 17.8 Å². The van der Waals surface area contributed by atoms with Gasteiger partial charge in [-0.2, -0.15) is 4.98 Å². The monoisotopic (exact) mass is 293 g/mol. The smallest absolute Gasteiger partial charge is 0.317 e. The second-order valence-corrected chi connectivity index (χ2v) is 6.51. The molecule has 0 radical (unpaired) electrons. The molecule has 1 saturated carbocycles. The molecule has 1 aromatic heterocycles. The largest absolute Gasteiger partial charge is 0.460 e. The lowest BCUT2D eigenvalue weighted by Gasteiger charge is -2.36. The first-order valence-electron chi connectivity index (χ1n) is 7.27. The molecule has 0 saturated heterocycles. The van der Waals surface area contributed by atoms with E-state index in [1.165, 1.54) is 12.8 Å². The average Bonchev–Trinajstić information content (AvgIpc) is 2.38. The maximum Gasteiger partial charge on any atom is 0.317 e. The van der Waals surface area contributed by atoms with Crippen LogP contribution in [0.15, 0.2) is 12.3 Å². The Hall–Kier alpha value is -1.23. The summed E-state index contributed by atoms with van der Waals surface area (Å²) in [5.41, 5.74) is 6.16. The van der Waals surface area contributed by atoms with E-state index in [9.17, 15) is 0 Å². The van der Waals surface area contributed by atoms with Crippen LogP contribution in [-0.4, -0.2) is 21.1 Å². The van der Waals surface area contributed by atoms with E-state index in [2.05, 4.69) is 30.7 Å². The summed E-state index contributed by atoms with van der Waals surface area (Å²) < 4.78 is 6.05.